The molecule has 0 aromatic carbocycles. The van der Waals surface area contributed by atoms with Crippen LogP contribution in [0.5, 0.6) is 0 Å². The summed E-state index contributed by atoms with van der Waals surface area (Å²) in [6, 6.07) is 0. The molecule has 13 heavy (non-hydrogen) atoms. The van der Waals surface area contributed by atoms with E-state index in [9.17, 15) is 9.59 Å². The van der Waals surface area contributed by atoms with Crippen LogP contribution in [0.2, 0.25) is 0 Å². The third kappa shape index (κ3) is 3.73. The van der Waals surface area contributed by atoms with Crippen molar-refractivity contribution >= 4 is 11.8 Å². The Labute approximate surface area is 77.5 Å². The minimum absolute atomic E-state index is 0.0353. The van der Waals surface area contributed by atoms with E-state index < -0.39 is 5.97 Å². The fourth-order valence-electron chi connectivity index (χ4n) is 0.695. The second kappa shape index (κ2) is 6.22. The molecule has 0 aromatic heterocycles. The Bertz CT molecular complexity index is 200. The highest BCUT2D eigenvalue weighted by Gasteiger charge is 2.17. The van der Waals surface area contributed by atoms with E-state index in [0.717, 1.165) is 6.26 Å². The molecule has 0 N–H and O–H groups in total. The van der Waals surface area contributed by atoms with Gasteiger partial charge in [-0.25, -0.2) is 4.79 Å². The molecule has 0 aliphatic carbocycles. The molecule has 4 nitrogen and oxygen atoms in total. The maximum Gasteiger partial charge on any atom is 0.344 e. The Hall–Kier alpha value is -1.32. The van der Waals surface area contributed by atoms with E-state index in [1.807, 2.05) is 0 Å². The number of rotatable bonds is 5. The topological polar surface area (TPSA) is 52.6 Å². The molecule has 0 aliphatic rings. The van der Waals surface area contributed by atoms with Crippen LogP contribution < -0.4 is 0 Å². The van der Waals surface area contributed by atoms with Gasteiger partial charge in [0.25, 0.3) is 0 Å². The van der Waals surface area contributed by atoms with Crippen LogP contribution in [-0.2, 0) is 19.1 Å². The van der Waals surface area contributed by atoms with Gasteiger partial charge >= 0.3 is 5.97 Å². The van der Waals surface area contributed by atoms with Crippen molar-refractivity contribution in [2.24, 2.45) is 0 Å². The van der Waals surface area contributed by atoms with Crippen LogP contribution in [0.4, 0.5) is 0 Å². The summed E-state index contributed by atoms with van der Waals surface area (Å²) in [5, 5.41) is 0. The summed E-state index contributed by atoms with van der Waals surface area (Å²) in [6.45, 7) is 3.85. The third-order valence-electron chi connectivity index (χ3n) is 1.39. The van der Waals surface area contributed by atoms with E-state index in [0.29, 0.717) is 6.61 Å². The number of Topliss-reactive ketones (excluding diaryl/α,β-unsaturated/α-hetero) is 1. The molecule has 0 rings (SSSR count). The summed E-state index contributed by atoms with van der Waals surface area (Å²) in [6.07, 6.45) is 1.41. The second-order valence-corrected chi connectivity index (χ2v) is 2.26. The smallest absolute Gasteiger partial charge is 0.344 e. The Morgan fingerprint density at radius 1 is 1.31 bits per heavy atom. The highest BCUT2D eigenvalue weighted by atomic mass is 16.5. The lowest BCUT2D eigenvalue weighted by Crippen LogP contribution is -2.14. The first-order chi connectivity index (χ1) is 6.17. The van der Waals surface area contributed by atoms with Crippen LogP contribution in [0, 0.1) is 0 Å². The van der Waals surface area contributed by atoms with E-state index in [4.69, 9.17) is 4.74 Å². The van der Waals surface area contributed by atoms with Crippen LogP contribution in [0.1, 0.15) is 20.3 Å². The number of ketones is 1. The van der Waals surface area contributed by atoms with Crippen molar-refractivity contribution in [2.75, 3.05) is 13.7 Å². The Morgan fingerprint density at radius 3 is 2.31 bits per heavy atom. The number of methoxy groups -OCH3 is 1. The van der Waals surface area contributed by atoms with Crippen molar-refractivity contribution in [3.63, 3.8) is 0 Å². The number of carbonyl (C=O) groups excluding carboxylic acids is 2. The van der Waals surface area contributed by atoms with Gasteiger partial charge in [-0.05, 0) is 6.92 Å². The molecule has 0 aromatic rings. The molecular weight excluding hydrogens is 172 g/mol. The molecule has 0 bridgehead atoms. The zero-order valence-electron chi connectivity index (χ0n) is 8.12. The first-order valence-electron chi connectivity index (χ1n) is 4.10. The van der Waals surface area contributed by atoms with Crippen molar-refractivity contribution in [1.82, 2.24) is 0 Å². The molecule has 0 amide bonds. The van der Waals surface area contributed by atoms with Crippen molar-refractivity contribution in [3.05, 3.63) is 11.8 Å². The average Bonchev–Trinajstić information content (AvgIpc) is 2.17. The number of hydrogen-bond donors (Lipinski definition) is 0. The normalized spacial score (nSPS) is 10.8. The number of hydrogen-bond acceptors (Lipinski definition) is 4. The van der Waals surface area contributed by atoms with Gasteiger partial charge in [0.05, 0.1) is 13.7 Å². The Balaban J connectivity index is 4.54. The molecule has 0 saturated carbocycles. The zero-order chi connectivity index (χ0) is 10.3. The van der Waals surface area contributed by atoms with Gasteiger partial charge in [-0.3, -0.25) is 4.79 Å². The number of esters is 1. The van der Waals surface area contributed by atoms with Crippen molar-refractivity contribution < 1.29 is 19.1 Å². The molecule has 0 atom stereocenters. The molecule has 4 heteroatoms. The molecule has 74 valence electrons. The average molecular weight is 186 g/mol. The minimum atomic E-state index is -0.653. The predicted octanol–water partition coefficient (Wildman–Crippen LogP) is 1.06. The monoisotopic (exact) mass is 186 g/mol. The van der Waals surface area contributed by atoms with Gasteiger partial charge < -0.3 is 9.47 Å². The van der Waals surface area contributed by atoms with Gasteiger partial charge in [-0.1, -0.05) is 6.92 Å². The van der Waals surface area contributed by atoms with Crippen LogP contribution >= 0.6 is 0 Å². The van der Waals surface area contributed by atoms with Crippen LogP contribution in [0.3, 0.4) is 0 Å². The highest BCUT2D eigenvalue weighted by molar-refractivity contribution is 6.16. The van der Waals surface area contributed by atoms with Gasteiger partial charge in [-0.15, -0.1) is 0 Å². The lowest BCUT2D eigenvalue weighted by molar-refractivity contribution is -0.138. The summed E-state index contributed by atoms with van der Waals surface area (Å²) in [5.41, 5.74) is -0.0353. The summed E-state index contributed by atoms with van der Waals surface area (Å²) in [5.74, 6) is -0.930. The first-order valence-corrected chi connectivity index (χ1v) is 4.10. The molecular formula is C9H14O4. The first kappa shape index (κ1) is 11.7. The number of carbonyl (C=O) groups is 2. The second-order valence-electron chi connectivity index (χ2n) is 2.26. The Morgan fingerprint density at radius 2 is 1.92 bits per heavy atom. The summed E-state index contributed by atoms with van der Waals surface area (Å²) < 4.78 is 9.28. The molecule has 0 radical (unpaired) electrons. The van der Waals surface area contributed by atoms with Crippen molar-refractivity contribution in [1.29, 1.82) is 0 Å². The van der Waals surface area contributed by atoms with E-state index in [1.165, 1.54) is 7.11 Å². The SMILES string of the molecule is CCO/C=C(/C(=O)CC)C(=O)OC. The van der Waals surface area contributed by atoms with Gasteiger partial charge in [-0.2, -0.15) is 0 Å². The fraction of sp³-hybridized carbons (Fsp3) is 0.556. The molecule has 0 heterocycles. The predicted molar refractivity (Wildman–Crippen MR) is 47.0 cm³/mol. The lowest BCUT2D eigenvalue weighted by atomic mass is 10.1. The van der Waals surface area contributed by atoms with Gasteiger partial charge in [0.2, 0.25) is 0 Å². The van der Waals surface area contributed by atoms with Crippen molar-refractivity contribution in [2.45, 2.75) is 20.3 Å². The number of ether oxygens (including phenoxy) is 2. The van der Waals surface area contributed by atoms with Crippen LogP contribution in [0.25, 0.3) is 0 Å². The van der Waals surface area contributed by atoms with E-state index in [-0.39, 0.29) is 17.8 Å². The standard InChI is InChI=1S/C9H14O4/c1-4-8(10)7(6-13-5-2)9(11)12-3/h6H,4-5H2,1-3H3/b7-6-. The third-order valence-corrected chi connectivity index (χ3v) is 1.39. The Kier molecular flexibility index (Phi) is 5.59. The summed E-state index contributed by atoms with van der Waals surface area (Å²) in [7, 11) is 1.23. The quantitative estimate of drug-likeness (QED) is 0.212. The van der Waals surface area contributed by atoms with Crippen LogP contribution in [0.15, 0.2) is 11.8 Å². The largest absolute Gasteiger partial charge is 0.500 e. The maximum absolute atomic E-state index is 11.2. The zero-order valence-corrected chi connectivity index (χ0v) is 8.12. The van der Waals surface area contributed by atoms with E-state index >= 15 is 0 Å². The summed E-state index contributed by atoms with van der Waals surface area (Å²) >= 11 is 0. The van der Waals surface area contributed by atoms with Gasteiger partial charge in [0, 0.05) is 6.42 Å². The maximum atomic E-state index is 11.2. The van der Waals surface area contributed by atoms with Gasteiger partial charge in [0.1, 0.15) is 11.8 Å². The fourth-order valence-corrected chi connectivity index (χ4v) is 0.695. The molecule has 0 unspecified atom stereocenters. The highest BCUT2D eigenvalue weighted by Crippen LogP contribution is 2.02. The minimum Gasteiger partial charge on any atom is -0.500 e. The lowest BCUT2D eigenvalue weighted by Gasteiger charge is -2.02. The molecule has 0 spiro atoms. The van der Waals surface area contributed by atoms with E-state index in [2.05, 4.69) is 4.74 Å². The molecule has 0 saturated heterocycles. The summed E-state index contributed by atoms with van der Waals surface area (Å²) in [4.78, 5) is 22.2. The van der Waals surface area contributed by atoms with Crippen molar-refractivity contribution in [3.8, 4) is 0 Å². The van der Waals surface area contributed by atoms with Crippen LogP contribution in [-0.4, -0.2) is 25.5 Å². The molecule has 0 aliphatic heterocycles. The van der Waals surface area contributed by atoms with Gasteiger partial charge in [0.15, 0.2) is 5.78 Å². The van der Waals surface area contributed by atoms with E-state index in [1.54, 1.807) is 13.8 Å². The molecule has 0 fully saturated rings.